The third-order valence-electron chi connectivity index (χ3n) is 4.33. The van der Waals surface area contributed by atoms with Crippen LogP contribution in [0.25, 0.3) is 0 Å². The summed E-state index contributed by atoms with van der Waals surface area (Å²) in [7, 11) is -3.37. The maximum Gasteiger partial charge on any atom is 0.253 e. The fourth-order valence-corrected chi connectivity index (χ4v) is 4.24. The highest BCUT2D eigenvalue weighted by Gasteiger charge is 2.20. The molecule has 0 aromatic heterocycles. The SMILES string of the molecule is Cc1ccc(S(=O)(=O)Cc2ccc(C(=O)N3CCCC3)cc2)cc1. The van der Waals surface area contributed by atoms with E-state index in [9.17, 15) is 13.2 Å². The van der Waals surface area contributed by atoms with Gasteiger partial charge in [-0.05, 0) is 49.6 Å². The molecule has 1 fully saturated rings. The molecule has 126 valence electrons. The minimum absolute atomic E-state index is 0.0282. The molecule has 1 aliphatic rings. The van der Waals surface area contributed by atoms with Crippen LogP contribution in [0.4, 0.5) is 0 Å². The van der Waals surface area contributed by atoms with Crippen LogP contribution in [0.3, 0.4) is 0 Å². The Hall–Kier alpha value is -2.14. The molecule has 0 bridgehead atoms. The van der Waals surface area contributed by atoms with Crippen LogP contribution in [0.2, 0.25) is 0 Å². The number of hydrogen-bond donors (Lipinski definition) is 0. The third-order valence-corrected chi connectivity index (χ3v) is 6.03. The second kappa shape index (κ2) is 6.77. The van der Waals surface area contributed by atoms with Crippen molar-refractivity contribution in [1.29, 1.82) is 0 Å². The number of amides is 1. The molecular weight excluding hydrogens is 322 g/mol. The van der Waals surface area contributed by atoms with Crippen molar-refractivity contribution in [3.05, 3.63) is 65.2 Å². The second-order valence-electron chi connectivity index (χ2n) is 6.27. The Bertz CT molecular complexity index is 818. The van der Waals surface area contributed by atoms with Crippen molar-refractivity contribution in [1.82, 2.24) is 4.90 Å². The number of hydrogen-bond acceptors (Lipinski definition) is 3. The van der Waals surface area contributed by atoms with Crippen molar-refractivity contribution in [2.24, 2.45) is 0 Å². The molecule has 2 aromatic rings. The van der Waals surface area contributed by atoms with E-state index >= 15 is 0 Å². The van der Waals surface area contributed by atoms with Gasteiger partial charge in [-0.15, -0.1) is 0 Å². The highest BCUT2D eigenvalue weighted by atomic mass is 32.2. The molecule has 1 aliphatic heterocycles. The van der Waals surface area contributed by atoms with Crippen molar-refractivity contribution >= 4 is 15.7 Å². The number of nitrogens with zero attached hydrogens (tertiary/aromatic N) is 1. The van der Waals surface area contributed by atoms with E-state index in [-0.39, 0.29) is 11.7 Å². The van der Waals surface area contributed by atoms with Crippen molar-refractivity contribution in [3.63, 3.8) is 0 Å². The molecule has 0 N–H and O–H groups in total. The van der Waals surface area contributed by atoms with Crippen molar-refractivity contribution in [2.45, 2.75) is 30.4 Å². The average molecular weight is 343 g/mol. The minimum atomic E-state index is -3.37. The van der Waals surface area contributed by atoms with Crippen molar-refractivity contribution < 1.29 is 13.2 Å². The molecular formula is C19H21NO3S. The van der Waals surface area contributed by atoms with E-state index in [1.807, 2.05) is 11.8 Å². The number of benzene rings is 2. The molecule has 3 rings (SSSR count). The maximum atomic E-state index is 12.5. The Morgan fingerprint density at radius 3 is 2.12 bits per heavy atom. The van der Waals surface area contributed by atoms with Gasteiger partial charge in [-0.2, -0.15) is 0 Å². The summed E-state index contributed by atoms with van der Waals surface area (Å²) in [6.45, 7) is 3.54. The summed E-state index contributed by atoms with van der Waals surface area (Å²) in [4.78, 5) is 14.5. The molecule has 0 atom stereocenters. The van der Waals surface area contributed by atoms with Gasteiger partial charge < -0.3 is 4.90 Å². The average Bonchev–Trinajstić information content (AvgIpc) is 3.09. The Morgan fingerprint density at radius 1 is 0.958 bits per heavy atom. The molecule has 4 nitrogen and oxygen atoms in total. The van der Waals surface area contributed by atoms with E-state index in [4.69, 9.17) is 0 Å². The third kappa shape index (κ3) is 3.67. The summed E-state index contributed by atoms with van der Waals surface area (Å²) in [5.41, 5.74) is 2.33. The van der Waals surface area contributed by atoms with Gasteiger partial charge in [0, 0.05) is 18.7 Å². The highest BCUT2D eigenvalue weighted by molar-refractivity contribution is 7.90. The molecule has 1 saturated heterocycles. The van der Waals surface area contributed by atoms with Gasteiger partial charge in [0.1, 0.15) is 0 Å². The number of carbonyl (C=O) groups excluding carboxylic acids is 1. The summed E-state index contributed by atoms with van der Waals surface area (Å²) in [5.74, 6) is -0.0331. The van der Waals surface area contributed by atoms with Crippen LogP contribution in [-0.4, -0.2) is 32.3 Å². The largest absolute Gasteiger partial charge is 0.339 e. The van der Waals surface area contributed by atoms with Gasteiger partial charge in [0.2, 0.25) is 0 Å². The normalized spacial score (nSPS) is 14.8. The van der Waals surface area contributed by atoms with E-state index in [0.717, 1.165) is 31.5 Å². The van der Waals surface area contributed by atoms with Gasteiger partial charge in [-0.25, -0.2) is 8.42 Å². The van der Waals surface area contributed by atoms with Crippen molar-refractivity contribution in [2.75, 3.05) is 13.1 Å². The standard InChI is InChI=1S/C19H21NO3S/c1-15-4-10-18(11-5-15)24(22,23)14-16-6-8-17(9-7-16)19(21)20-12-2-3-13-20/h4-11H,2-3,12-14H2,1H3. The van der Waals surface area contributed by atoms with Gasteiger partial charge in [0.25, 0.3) is 5.91 Å². The van der Waals surface area contributed by atoms with Crippen LogP contribution in [-0.2, 0) is 15.6 Å². The Balaban J connectivity index is 1.73. The van der Waals surface area contributed by atoms with E-state index in [1.54, 1.807) is 48.5 Å². The zero-order chi connectivity index (χ0) is 17.2. The summed E-state index contributed by atoms with van der Waals surface area (Å²) >= 11 is 0. The lowest BCUT2D eigenvalue weighted by molar-refractivity contribution is 0.0793. The van der Waals surface area contributed by atoms with Crippen LogP contribution in [0.5, 0.6) is 0 Å². The fraction of sp³-hybridized carbons (Fsp3) is 0.316. The zero-order valence-electron chi connectivity index (χ0n) is 13.7. The second-order valence-corrected chi connectivity index (χ2v) is 8.26. The van der Waals surface area contributed by atoms with Gasteiger partial charge in [0.15, 0.2) is 9.84 Å². The van der Waals surface area contributed by atoms with E-state index < -0.39 is 9.84 Å². The lowest BCUT2D eigenvalue weighted by Crippen LogP contribution is -2.27. The highest BCUT2D eigenvalue weighted by Crippen LogP contribution is 2.19. The summed E-state index contributed by atoms with van der Waals surface area (Å²) < 4.78 is 24.9. The van der Waals surface area contributed by atoms with Crippen LogP contribution in [0.1, 0.15) is 34.3 Å². The van der Waals surface area contributed by atoms with Gasteiger partial charge in [-0.1, -0.05) is 29.8 Å². The predicted molar refractivity (Wildman–Crippen MR) is 93.6 cm³/mol. The zero-order valence-corrected chi connectivity index (χ0v) is 14.6. The molecule has 0 saturated carbocycles. The van der Waals surface area contributed by atoms with Crippen LogP contribution in [0.15, 0.2) is 53.4 Å². The summed E-state index contributed by atoms with van der Waals surface area (Å²) in [6, 6.07) is 13.8. The van der Waals surface area contributed by atoms with Crippen LogP contribution >= 0.6 is 0 Å². The van der Waals surface area contributed by atoms with Gasteiger partial charge >= 0.3 is 0 Å². The number of likely N-dealkylation sites (tertiary alicyclic amines) is 1. The van der Waals surface area contributed by atoms with Crippen molar-refractivity contribution in [3.8, 4) is 0 Å². The molecule has 0 radical (unpaired) electrons. The first kappa shape index (κ1) is 16.7. The molecule has 5 heteroatoms. The molecule has 24 heavy (non-hydrogen) atoms. The first-order chi connectivity index (χ1) is 11.5. The Kier molecular flexibility index (Phi) is 4.71. The van der Waals surface area contributed by atoms with Gasteiger partial charge in [-0.3, -0.25) is 4.79 Å². The smallest absolute Gasteiger partial charge is 0.253 e. The first-order valence-corrected chi connectivity index (χ1v) is 9.78. The van der Waals surface area contributed by atoms with Gasteiger partial charge in [0.05, 0.1) is 10.6 Å². The molecule has 1 amide bonds. The topological polar surface area (TPSA) is 54.5 Å². The molecule has 0 aliphatic carbocycles. The number of carbonyl (C=O) groups is 1. The summed E-state index contributed by atoms with van der Waals surface area (Å²) in [5, 5.41) is 0. The summed E-state index contributed by atoms with van der Waals surface area (Å²) in [6.07, 6.45) is 2.11. The Morgan fingerprint density at radius 2 is 1.54 bits per heavy atom. The van der Waals surface area contributed by atoms with Crippen LogP contribution < -0.4 is 0 Å². The number of sulfone groups is 1. The monoisotopic (exact) mass is 343 g/mol. The lowest BCUT2D eigenvalue weighted by Gasteiger charge is -2.15. The minimum Gasteiger partial charge on any atom is -0.339 e. The quantitative estimate of drug-likeness (QED) is 0.856. The van der Waals surface area contributed by atoms with Crippen LogP contribution in [0, 0.1) is 6.92 Å². The maximum absolute atomic E-state index is 12.5. The van der Waals surface area contributed by atoms with E-state index in [2.05, 4.69) is 0 Å². The fourth-order valence-electron chi connectivity index (χ4n) is 2.89. The molecule has 2 aromatic carbocycles. The molecule has 0 unspecified atom stereocenters. The first-order valence-electron chi connectivity index (χ1n) is 8.13. The predicted octanol–water partition coefficient (Wildman–Crippen LogP) is 3.20. The molecule has 0 spiro atoms. The lowest BCUT2D eigenvalue weighted by atomic mass is 10.1. The van der Waals surface area contributed by atoms with E-state index in [0.29, 0.717) is 16.0 Å². The number of aryl methyl sites for hydroxylation is 1. The number of rotatable bonds is 4. The molecule has 1 heterocycles. The Labute approximate surface area is 143 Å². The van der Waals surface area contributed by atoms with E-state index in [1.165, 1.54) is 0 Å².